The molecule has 0 spiro atoms. The standard InChI is InChI=1S/2C23H20N6O5.C22H22N6O5.C22H19N5O4/c2*1-33-16-12-25-19(21-26-13-34-27-21)18-17(16)15(11-24-18)20(30)23(32)29-9-7-28(8-10-29)22(31)14-5-3-2-4-6-14;1-33-15-12-25-18(20(23)26-32)17-16(15)14(11-24-17)19(29)22(31)28-9-7-27(8-10-28)21(30)13-5-3-2-4-6-13;1-31-17-13-24-16(11-23)19-18(17)15(12-25-19)20(28)22(30)27-9-7-26(8-10-27)21(29)14-5-3-2-4-6-14/h2*2-6,11-13,24H,7-10H2,1H3;2-6,11-12,24,32H,7-10H2,1H3,(H2,23,26);2-6,12-13,25H,7-10H2,1H3. The molecule has 670 valence electrons. The van der Waals surface area contributed by atoms with Crippen molar-refractivity contribution in [3.05, 3.63) is 240 Å². The molecule has 0 saturated carbocycles. The van der Waals surface area contributed by atoms with Gasteiger partial charge >= 0.3 is 0 Å². The van der Waals surface area contributed by atoms with Crippen molar-refractivity contribution >= 4 is 120 Å². The van der Waals surface area contributed by atoms with Crippen LogP contribution in [0.5, 0.6) is 23.0 Å². The number of rotatable bonds is 19. The van der Waals surface area contributed by atoms with Crippen molar-refractivity contribution < 1.29 is 90.7 Å². The number of carbonyl (C=O) groups is 12. The molecule has 132 heavy (non-hydrogen) atoms. The second-order valence-electron chi connectivity index (χ2n) is 29.7. The second-order valence-corrected chi connectivity index (χ2v) is 29.7. The van der Waals surface area contributed by atoms with Gasteiger partial charge in [-0.25, -0.2) is 19.9 Å². The zero-order valence-electron chi connectivity index (χ0n) is 71.1. The van der Waals surface area contributed by atoms with E-state index >= 15 is 0 Å². The number of ether oxygens (including phenoxy) is 4. The largest absolute Gasteiger partial charge is 0.494 e. The molecule has 7 N–H and O–H groups in total. The minimum absolute atomic E-state index is 0.0871. The summed E-state index contributed by atoms with van der Waals surface area (Å²) < 4.78 is 30.9. The van der Waals surface area contributed by atoms with E-state index in [1.807, 2.05) is 30.3 Å². The minimum Gasteiger partial charge on any atom is -0.494 e. The lowest BCUT2D eigenvalue weighted by atomic mass is 10.1. The SMILES string of the molecule is COc1cnc(-c2ncon2)c2[nH]cc(C(=O)C(=O)N3CCN(C(=O)c4ccccc4)CC3)c12.COc1cnc(-c2ncon2)c2[nH]cc(C(=O)C(=O)N3CCN(C(=O)c4ccccc4)CC3)c12.COc1cnc(/C(N)=N/O)c2[nH]cc(C(=O)C(=O)N3CCN(C(=O)c4ccccc4)CC3)c12.COc1cnc(C#N)c2[nH]cc(C(=O)C(=O)N3CCN(C(=O)c4ccccc4)CC3)c12. The van der Waals surface area contributed by atoms with Crippen LogP contribution in [0.2, 0.25) is 0 Å². The number of nitrogens with two attached hydrogens (primary N) is 1. The molecule has 10 aromatic heterocycles. The predicted molar refractivity (Wildman–Crippen MR) is 467 cm³/mol. The number of pyridine rings is 4. The van der Waals surface area contributed by atoms with E-state index in [9.17, 15) is 62.8 Å². The van der Waals surface area contributed by atoms with Gasteiger partial charge in [0.2, 0.25) is 24.4 Å². The maximum absolute atomic E-state index is 13.2. The monoisotopic (exact) mass is 1790 g/mol. The number of oxime groups is 1. The predicted octanol–water partition coefficient (Wildman–Crippen LogP) is 6.02. The van der Waals surface area contributed by atoms with Gasteiger partial charge in [-0.2, -0.15) is 15.2 Å². The molecule has 42 heteroatoms. The van der Waals surface area contributed by atoms with E-state index in [2.05, 4.69) is 65.3 Å². The molecule has 0 unspecified atom stereocenters. The number of H-pyrrole nitrogens is 4. The Morgan fingerprint density at radius 2 is 0.621 bits per heavy atom. The summed E-state index contributed by atoms with van der Waals surface area (Å²) in [5, 5.41) is 30.3. The molecule has 4 aliphatic heterocycles. The normalized spacial score (nSPS) is 13.9. The van der Waals surface area contributed by atoms with Crippen LogP contribution in [-0.4, -0.2) is 314 Å². The van der Waals surface area contributed by atoms with Crippen molar-refractivity contribution in [2.24, 2.45) is 10.9 Å². The molecular formula is C90H81N23O19. The lowest BCUT2D eigenvalue weighted by molar-refractivity contribution is -0.128. The molecule has 0 atom stereocenters. The number of carbonyl (C=O) groups excluding carboxylic acids is 12. The highest BCUT2D eigenvalue weighted by molar-refractivity contribution is 6.47. The van der Waals surface area contributed by atoms with Gasteiger partial charge in [0.1, 0.15) is 46.1 Å². The lowest BCUT2D eigenvalue weighted by Gasteiger charge is -2.34. The van der Waals surface area contributed by atoms with Crippen molar-refractivity contribution in [3.63, 3.8) is 0 Å². The number of methoxy groups -OCH3 is 4. The number of nitrogens with zero attached hydrogens (tertiary/aromatic N) is 18. The molecule has 8 amide bonds. The van der Waals surface area contributed by atoms with E-state index in [4.69, 9.17) is 38.9 Å². The number of ketones is 4. The molecule has 4 fully saturated rings. The number of hydrogen-bond donors (Lipinski definition) is 6. The Kier molecular flexibility index (Phi) is 26.9. The molecule has 0 aliphatic carbocycles. The van der Waals surface area contributed by atoms with Crippen molar-refractivity contribution in [2.45, 2.75) is 0 Å². The molecule has 4 saturated heterocycles. The van der Waals surface area contributed by atoms with Crippen LogP contribution in [0.25, 0.3) is 66.6 Å². The molecule has 0 bridgehead atoms. The molecule has 0 radical (unpaired) electrons. The first kappa shape index (κ1) is 89.2. The Balaban J connectivity index is 0.000000135. The smallest absolute Gasteiger partial charge is 0.295 e. The van der Waals surface area contributed by atoms with Gasteiger partial charge in [0.05, 0.1) is 119 Å². The van der Waals surface area contributed by atoms with Crippen molar-refractivity contribution in [3.8, 4) is 52.1 Å². The Bertz CT molecular complexity index is 6570. The third-order valence-corrected chi connectivity index (χ3v) is 22.4. The van der Waals surface area contributed by atoms with Crippen LogP contribution in [0.15, 0.2) is 198 Å². The third-order valence-electron chi connectivity index (χ3n) is 22.4. The fraction of sp³-hybridized carbons (Fsp3) is 0.222. The number of nitriles is 1. The van der Waals surface area contributed by atoms with Crippen LogP contribution >= 0.6 is 0 Å². The lowest BCUT2D eigenvalue weighted by Crippen LogP contribution is -2.52. The van der Waals surface area contributed by atoms with Crippen LogP contribution in [0.3, 0.4) is 0 Å². The summed E-state index contributed by atoms with van der Waals surface area (Å²) in [5.41, 5.74) is 11.1. The number of piperazine rings is 4. The molecule has 18 rings (SSSR count). The number of fused-ring (bicyclic) bond motifs is 4. The summed E-state index contributed by atoms with van der Waals surface area (Å²) >= 11 is 0. The van der Waals surface area contributed by atoms with Gasteiger partial charge in [0, 0.05) is 152 Å². The van der Waals surface area contributed by atoms with Crippen LogP contribution < -0.4 is 24.7 Å². The zero-order valence-corrected chi connectivity index (χ0v) is 71.1. The zero-order chi connectivity index (χ0) is 92.8. The average molecular weight is 1790 g/mol. The third kappa shape index (κ3) is 18.2. The Hall–Kier alpha value is -17.7. The van der Waals surface area contributed by atoms with Gasteiger partial charge in [-0.05, 0) is 48.5 Å². The maximum Gasteiger partial charge on any atom is 0.295 e. The maximum atomic E-state index is 13.2. The van der Waals surface area contributed by atoms with Crippen LogP contribution in [0.1, 0.15) is 94.3 Å². The number of Topliss-reactive ketones (excluding diaryl/α,β-unsaturated/α-hetero) is 4. The average Bonchev–Trinajstić information content (AvgIpc) is 1.62. The van der Waals surface area contributed by atoms with Gasteiger partial charge < -0.3 is 98.1 Å². The molecular weight excluding hydrogens is 1710 g/mol. The topological polar surface area (TPSA) is 543 Å². The highest BCUT2D eigenvalue weighted by atomic mass is 16.5. The highest BCUT2D eigenvalue weighted by Crippen LogP contribution is 2.38. The first-order chi connectivity index (χ1) is 64.2. The van der Waals surface area contributed by atoms with Crippen LogP contribution in [0.4, 0.5) is 0 Å². The number of amidine groups is 1. The Morgan fingerprint density at radius 3 is 0.894 bits per heavy atom. The number of aromatic nitrogens is 12. The summed E-state index contributed by atoms with van der Waals surface area (Å²) in [7, 11) is 5.74. The summed E-state index contributed by atoms with van der Waals surface area (Å²) in [6, 6.07) is 37.7. The van der Waals surface area contributed by atoms with E-state index in [1.165, 1.54) is 110 Å². The van der Waals surface area contributed by atoms with Crippen molar-refractivity contribution in [1.29, 1.82) is 5.26 Å². The van der Waals surface area contributed by atoms with E-state index in [0.29, 0.717) is 147 Å². The first-order valence-corrected chi connectivity index (χ1v) is 41.0. The van der Waals surface area contributed by atoms with E-state index in [1.54, 1.807) is 117 Å². The number of hydrogen-bond acceptors (Lipinski definition) is 29. The second kappa shape index (κ2) is 39.9. The number of aromatic amines is 4. The van der Waals surface area contributed by atoms with Crippen molar-refractivity contribution in [2.75, 3.05) is 133 Å². The summed E-state index contributed by atoms with van der Waals surface area (Å²) in [5.74, 6) is -4.42. The summed E-state index contributed by atoms with van der Waals surface area (Å²) in [6.45, 7) is 4.73. The van der Waals surface area contributed by atoms with E-state index in [-0.39, 0.29) is 133 Å². The molecule has 14 heterocycles. The molecule has 4 aromatic carbocycles. The Morgan fingerprint density at radius 1 is 0.364 bits per heavy atom. The minimum atomic E-state index is -0.737. The van der Waals surface area contributed by atoms with Gasteiger partial charge in [0.25, 0.3) is 70.4 Å². The van der Waals surface area contributed by atoms with Gasteiger partial charge in [-0.15, -0.1) is 0 Å². The number of benzene rings is 4. The highest BCUT2D eigenvalue weighted by Gasteiger charge is 2.38. The van der Waals surface area contributed by atoms with Crippen LogP contribution in [0, 0.1) is 11.3 Å². The quantitative estimate of drug-likeness (QED) is 0.0134. The summed E-state index contributed by atoms with van der Waals surface area (Å²) in [6.07, 6.45) is 13.6. The van der Waals surface area contributed by atoms with Gasteiger partial charge in [-0.3, -0.25) is 57.5 Å². The van der Waals surface area contributed by atoms with Gasteiger partial charge in [-0.1, -0.05) is 88.3 Å². The Labute approximate surface area is 747 Å². The van der Waals surface area contributed by atoms with Crippen molar-refractivity contribution in [1.82, 2.24) is 99.4 Å². The fourth-order valence-corrected chi connectivity index (χ4v) is 15.6. The fourth-order valence-electron chi connectivity index (χ4n) is 15.6. The first-order valence-electron chi connectivity index (χ1n) is 41.0. The molecule has 14 aromatic rings. The molecule has 42 nitrogen and oxygen atoms in total. The number of amides is 8. The molecule has 4 aliphatic rings. The van der Waals surface area contributed by atoms with Gasteiger partial charge in [0.15, 0.2) is 11.5 Å². The summed E-state index contributed by atoms with van der Waals surface area (Å²) in [4.78, 5) is 204. The number of nitrogens with one attached hydrogen (secondary N) is 4. The van der Waals surface area contributed by atoms with E-state index in [0.717, 1.165) is 0 Å². The van der Waals surface area contributed by atoms with E-state index < -0.39 is 46.8 Å². The van der Waals surface area contributed by atoms with Crippen LogP contribution in [-0.2, 0) is 19.2 Å².